The molecule has 6 rings (SSSR count). The van der Waals surface area contributed by atoms with Gasteiger partial charge in [-0.25, -0.2) is 4.39 Å². The molecular formula is C32H29FN2O. The van der Waals surface area contributed by atoms with Gasteiger partial charge in [-0.15, -0.1) is 0 Å². The normalized spacial score (nSPS) is 22.7. The van der Waals surface area contributed by atoms with E-state index in [0.717, 1.165) is 36.8 Å². The zero-order valence-electron chi connectivity index (χ0n) is 20.3. The highest BCUT2D eigenvalue weighted by molar-refractivity contribution is 6.07. The number of carbonyl (C=O) groups excluding carboxylic acids is 1. The lowest BCUT2D eigenvalue weighted by atomic mass is 9.47. The van der Waals surface area contributed by atoms with Crippen LogP contribution in [-0.4, -0.2) is 10.4 Å². The first-order valence-corrected chi connectivity index (χ1v) is 12.9. The summed E-state index contributed by atoms with van der Waals surface area (Å²) in [5.41, 5.74) is 5.13. The van der Waals surface area contributed by atoms with E-state index in [9.17, 15) is 9.18 Å². The van der Waals surface area contributed by atoms with Crippen molar-refractivity contribution >= 4 is 16.7 Å². The first-order valence-electron chi connectivity index (χ1n) is 12.9. The predicted octanol–water partition coefficient (Wildman–Crippen LogP) is 7.79. The van der Waals surface area contributed by atoms with Crippen LogP contribution in [0.1, 0.15) is 54.4 Å². The van der Waals surface area contributed by atoms with E-state index in [1.54, 1.807) is 12.1 Å². The Labute approximate surface area is 211 Å². The maximum Gasteiger partial charge on any atom is 0.165 e. The van der Waals surface area contributed by atoms with Gasteiger partial charge in [-0.2, -0.15) is 5.26 Å². The van der Waals surface area contributed by atoms with Crippen LogP contribution in [0.2, 0.25) is 0 Å². The van der Waals surface area contributed by atoms with Crippen molar-refractivity contribution in [2.45, 2.75) is 45.1 Å². The van der Waals surface area contributed by atoms with Crippen LogP contribution in [0.4, 0.5) is 4.39 Å². The topological polar surface area (TPSA) is 45.8 Å². The first-order chi connectivity index (χ1) is 17.5. The number of aromatic nitrogens is 1. The fourth-order valence-electron chi connectivity index (χ4n) is 6.73. The van der Waals surface area contributed by atoms with Crippen molar-refractivity contribution in [2.24, 2.45) is 17.3 Å². The van der Waals surface area contributed by atoms with Gasteiger partial charge in [-0.1, -0.05) is 54.6 Å². The average Bonchev–Trinajstić information content (AvgIpc) is 3.27. The Morgan fingerprint density at radius 3 is 2.33 bits per heavy atom. The number of fused-ring (bicyclic) bond motifs is 1. The number of nitriles is 1. The second kappa shape index (κ2) is 9.06. The minimum absolute atomic E-state index is 0.104. The van der Waals surface area contributed by atoms with Gasteiger partial charge in [-0.05, 0) is 77.8 Å². The van der Waals surface area contributed by atoms with Crippen molar-refractivity contribution in [3.05, 3.63) is 95.9 Å². The molecular weight excluding hydrogens is 447 g/mol. The summed E-state index contributed by atoms with van der Waals surface area (Å²) >= 11 is 0. The van der Waals surface area contributed by atoms with E-state index in [2.05, 4.69) is 42.5 Å². The summed E-state index contributed by atoms with van der Waals surface area (Å²) in [5, 5.41) is 9.40. The molecule has 0 saturated heterocycles. The third-order valence-electron chi connectivity index (χ3n) is 8.33. The monoisotopic (exact) mass is 476 g/mol. The van der Waals surface area contributed by atoms with Gasteiger partial charge >= 0.3 is 0 Å². The van der Waals surface area contributed by atoms with Gasteiger partial charge in [0.2, 0.25) is 0 Å². The van der Waals surface area contributed by atoms with Crippen molar-refractivity contribution in [3.63, 3.8) is 0 Å². The fourth-order valence-corrected chi connectivity index (χ4v) is 6.73. The molecule has 0 aliphatic heterocycles. The van der Waals surface area contributed by atoms with Crippen LogP contribution in [0.15, 0.2) is 79.0 Å². The summed E-state index contributed by atoms with van der Waals surface area (Å²) in [4.78, 5) is 13.4. The third kappa shape index (κ3) is 4.13. The largest absolute Gasteiger partial charge is 0.342 e. The number of nitrogens with zero attached hydrogens (tertiary/aromatic N) is 2. The molecule has 0 atom stereocenters. The van der Waals surface area contributed by atoms with Crippen molar-refractivity contribution in [2.75, 3.05) is 0 Å². The molecule has 0 unspecified atom stereocenters. The molecule has 1 heterocycles. The lowest BCUT2D eigenvalue weighted by Crippen LogP contribution is -2.47. The minimum atomic E-state index is -0.291. The van der Waals surface area contributed by atoms with Gasteiger partial charge in [0, 0.05) is 36.5 Å². The van der Waals surface area contributed by atoms with Crippen LogP contribution in [0.5, 0.6) is 0 Å². The number of hydrogen-bond donors (Lipinski definition) is 0. The lowest BCUT2D eigenvalue weighted by Gasteiger charge is -2.57. The van der Waals surface area contributed by atoms with E-state index < -0.39 is 0 Å². The number of hydrogen-bond acceptors (Lipinski definition) is 2. The number of rotatable bonds is 7. The van der Waals surface area contributed by atoms with E-state index in [-0.39, 0.29) is 11.6 Å². The van der Waals surface area contributed by atoms with Crippen LogP contribution < -0.4 is 0 Å². The van der Waals surface area contributed by atoms with Crippen molar-refractivity contribution < 1.29 is 9.18 Å². The van der Waals surface area contributed by atoms with Gasteiger partial charge in [-0.3, -0.25) is 4.79 Å². The van der Waals surface area contributed by atoms with Crippen LogP contribution in [0.25, 0.3) is 22.0 Å². The molecule has 1 aromatic heterocycles. The molecule has 0 radical (unpaired) electrons. The summed E-state index contributed by atoms with van der Waals surface area (Å²) in [7, 11) is 0. The van der Waals surface area contributed by atoms with E-state index in [0.29, 0.717) is 53.1 Å². The van der Waals surface area contributed by atoms with Gasteiger partial charge in [0.25, 0.3) is 0 Å². The van der Waals surface area contributed by atoms with Crippen LogP contribution in [-0.2, 0) is 6.54 Å². The molecule has 0 bridgehead atoms. The highest BCUT2D eigenvalue weighted by Gasteiger charge is 2.52. The number of Topliss-reactive ketones (excluding diaryl/α,β-unsaturated/α-hetero) is 1. The molecule has 1 spiro atoms. The quantitative estimate of drug-likeness (QED) is 0.256. The second-order valence-corrected chi connectivity index (χ2v) is 10.9. The van der Waals surface area contributed by atoms with Crippen molar-refractivity contribution in [3.8, 4) is 17.2 Å². The van der Waals surface area contributed by atoms with E-state index in [1.807, 2.05) is 29.0 Å². The Morgan fingerprint density at radius 1 is 0.917 bits per heavy atom. The summed E-state index contributed by atoms with van der Waals surface area (Å²) in [6.45, 7) is 0.578. The molecule has 2 fully saturated rings. The Balaban J connectivity index is 1.19. The highest BCUT2D eigenvalue weighted by Crippen LogP contribution is 2.62. The Morgan fingerprint density at radius 2 is 1.61 bits per heavy atom. The molecule has 3 nitrogen and oxygen atoms in total. The summed E-state index contributed by atoms with van der Waals surface area (Å²) in [6, 6.07) is 25.8. The summed E-state index contributed by atoms with van der Waals surface area (Å²) in [6.07, 6.45) is 7.50. The molecule has 4 aromatic rings. The molecule has 36 heavy (non-hydrogen) atoms. The molecule has 180 valence electrons. The van der Waals surface area contributed by atoms with E-state index in [1.165, 1.54) is 11.6 Å². The number of benzene rings is 3. The Kier molecular flexibility index (Phi) is 5.72. The van der Waals surface area contributed by atoms with Crippen molar-refractivity contribution in [1.82, 2.24) is 4.57 Å². The fraction of sp³-hybridized carbons (Fsp3) is 0.312. The Hall–Kier alpha value is -3.71. The molecule has 0 amide bonds. The zero-order valence-corrected chi connectivity index (χ0v) is 20.3. The van der Waals surface area contributed by atoms with E-state index >= 15 is 0 Å². The van der Waals surface area contributed by atoms with E-state index in [4.69, 9.17) is 5.26 Å². The van der Waals surface area contributed by atoms with Crippen LogP contribution >= 0.6 is 0 Å². The SMILES string of the molecule is N#CCC1CC2(C1)CC(CC(=O)c1ccc(F)c3ccn(Cc4ccc(-c5ccccc5)cc4)c13)C2. The van der Waals surface area contributed by atoms with Gasteiger partial charge < -0.3 is 4.57 Å². The zero-order chi connectivity index (χ0) is 24.7. The first kappa shape index (κ1) is 22.7. The molecule has 2 aliphatic rings. The third-order valence-corrected chi connectivity index (χ3v) is 8.33. The standard InChI is InChI=1S/C32H29FN2O/c33-29-11-10-28(30(36)16-24-19-32(20-24)17-23(18-32)12-14-34)31-27(29)13-15-35(31)21-22-6-8-26(9-7-22)25-4-2-1-3-5-25/h1-11,13,15,23-24H,12,16-21H2. The number of carbonyl (C=O) groups is 1. The maximum atomic E-state index is 14.7. The van der Waals surface area contributed by atoms with Crippen LogP contribution in [0.3, 0.4) is 0 Å². The molecule has 4 heteroatoms. The molecule has 2 aliphatic carbocycles. The molecule has 3 aromatic carbocycles. The summed E-state index contributed by atoms with van der Waals surface area (Å²) < 4.78 is 16.7. The smallest absolute Gasteiger partial charge is 0.165 e. The summed E-state index contributed by atoms with van der Waals surface area (Å²) in [5.74, 6) is 0.760. The highest BCUT2D eigenvalue weighted by atomic mass is 19.1. The Bertz CT molecular complexity index is 1450. The molecule has 2 saturated carbocycles. The number of halogens is 1. The van der Waals surface area contributed by atoms with Gasteiger partial charge in [0.1, 0.15) is 5.82 Å². The minimum Gasteiger partial charge on any atom is -0.342 e. The molecule has 0 N–H and O–H groups in total. The van der Waals surface area contributed by atoms with Crippen molar-refractivity contribution in [1.29, 1.82) is 5.26 Å². The second-order valence-electron chi connectivity index (χ2n) is 10.9. The van der Waals surface area contributed by atoms with Crippen LogP contribution in [0, 0.1) is 34.4 Å². The lowest BCUT2D eigenvalue weighted by molar-refractivity contribution is -0.0657. The van der Waals surface area contributed by atoms with Gasteiger partial charge in [0.15, 0.2) is 5.78 Å². The predicted molar refractivity (Wildman–Crippen MR) is 140 cm³/mol. The average molecular weight is 477 g/mol. The van der Waals surface area contributed by atoms with Gasteiger partial charge in [0.05, 0.1) is 11.6 Å². The number of ketones is 1. The maximum absolute atomic E-state index is 14.7.